The van der Waals surface area contributed by atoms with Gasteiger partial charge in [-0.25, -0.2) is 0 Å². The lowest BCUT2D eigenvalue weighted by atomic mass is 10.3. The minimum Gasteiger partial charge on any atom is -0.367 e. The Morgan fingerprint density at radius 1 is 1.65 bits per heavy atom. The lowest BCUT2D eigenvalue weighted by Crippen LogP contribution is -2.19. The fraction of sp³-hybridized carbons (Fsp3) is 0.167. The average Bonchev–Trinajstić information content (AvgIpc) is 2.95. The molecule has 1 amide bonds. The highest BCUT2D eigenvalue weighted by molar-refractivity contribution is 5.91. The smallest absolute Gasteiger partial charge is 0.244 e. The third kappa shape index (κ3) is 3.34. The van der Waals surface area contributed by atoms with Crippen LogP contribution in [0.3, 0.4) is 0 Å². The summed E-state index contributed by atoms with van der Waals surface area (Å²) in [5.74, 6) is -0.116. The molecular weight excluding hydrogens is 216 g/mol. The maximum Gasteiger partial charge on any atom is 0.244 e. The quantitative estimate of drug-likeness (QED) is 0.772. The molecule has 0 saturated heterocycles. The number of aromatic amines is 1. The van der Waals surface area contributed by atoms with Gasteiger partial charge in [0.1, 0.15) is 0 Å². The van der Waals surface area contributed by atoms with E-state index in [1.807, 2.05) is 31.7 Å². The van der Waals surface area contributed by atoms with E-state index in [9.17, 15) is 4.79 Å². The first-order valence-corrected chi connectivity index (χ1v) is 5.30. The van der Waals surface area contributed by atoms with Gasteiger partial charge in [0.15, 0.2) is 0 Å². The Bertz CT molecular complexity index is 510. The summed E-state index contributed by atoms with van der Waals surface area (Å²) in [4.78, 5) is 14.4. The van der Waals surface area contributed by atoms with Crippen molar-refractivity contribution >= 4 is 12.0 Å². The first-order valence-electron chi connectivity index (χ1n) is 5.30. The zero-order valence-electron chi connectivity index (χ0n) is 9.55. The molecule has 0 radical (unpaired) electrons. The van der Waals surface area contributed by atoms with Gasteiger partial charge in [0.2, 0.25) is 5.91 Å². The molecule has 2 N–H and O–H groups in total. The minimum atomic E-state index is -0.116. The van der Waals surface area contributed by atoms with Crippen LogP contribution in [-0.2, 0) is 18.4 Å². The Balaban J connectivity index is 1.83. The van der Waals surface area contributed by atoms with Gasteiger partial charge in [-0.2, -0.15) is 5.10 Å². The molecule has 5 nitrogen and oxygen atoms in total. The van der Waals surface area contributed by atoms with Crippen LogP contribution in [0.25, 0.3) is 6.08 Å². The van der Waals surface area contributed by atoms with E-state index in [4.69, 9.17) is 0 Å². The standard InChI is InChI=1S/C12H14N4O/c1-16-9-11(8-15-16)2-3-12(17)14-7-10-4-5-13-6-10/h2-6,8-9,13H,7H2,1H3,(H,14,17)/b3-2+. The lowest BCUT2D eigenvalue weighted by Gasteiger charge is -1.98. The monoisotopic (exact) mass is 230 g/mol. The molecule has 2 rings (SSSR count). The van der Waals surface area contributed by atoms with Crippen LogP contribution >= 0.6 is 0 Å². The maximum absolute atomic E-state index is 11.5. The van der Waals surface area contributed by atoms with Gasteiger partial charge in [0.25, 0.3) is 0 Å². The van der Waals surface area contributed by atoms with Crippen molar-refractivity contribution in [2.24, 2.45) is 7.05 Å². The highest BCUT2D eigenvalue weighted by Crippen LogP contribution is 1.99. The van der Waals surface area contributed by atoms with Crippen LogP contribution in [0.15, 0.2) is 36.9 Å². The molecule has 0 unspecified atom stereocenters. The molecule has 0 aromatic carbocycles. The molecule has 0 fully saturated rings. The number of nitrogens with one attached hydrogen (secondary N) is 2. The third-order valence-corrected chi connectivity index (χ3v) is 2.28. The number of H-pyrrole nitrogens is 1. The normalized spacial score (nSPS) is 10.9. The second-order valence-corrected chi connectivity index (χ2v) is 3.72. The number of carbonyl (C=O) groups excluding carboxylic acids is 1. The van der Waals surface area contributed by atoms with Crippen LogP contribution in [0.4, 0.5) is 0 Å². The van der Waals surface area contributed by atoms with Crippen molar-refractivity contribution in [1.29, 1.82) is 0 Å². The Labute approximate surface area is 99.2 Å². The molecule has 0 saturated carbocycles. The summed E-state index contributed by atoms with van der Waals surface area (Å²) >= 11 is 0. The van der Waals surface area contributed by atoms with Crippen LogP contribution in [0.2, 0.25) is 0 Å². The molecular formula is C12H14N4O. The van der Waals surface area contributed by atoms with Crippen molar-refractivity contribution in [3.63, 3.8) is 0 Å². The molecule has 2 aromatic heterocycles. The Kier molecular flexibility index (Phi) is 3.40. The van der Waals surface area contributed by atoms with Crippen molar-refractivity contribution in [1.82, 2.24) is 20.1 Å². The van der Waals surface area contributed by atoms with Gasteiger partial charge >= 0.3 is 0 Å². The van der Waals surface area contributed by atoms with Crippen molar-refractivity contribution in [2.45, 2.75) is 6.54 Å². The Hall–Kier alpha value is -2.30. The first kappa shape index (κ1) is 11.2. The Morgan fingerprint density at radius 2 is 2.53 bits per heavy atom. The van der Waals surface area contributed by atoms with Crippen LogP contribution in [0.1, 0.15) is 11.1 Å². The first-order chi connectivity index (χ1) is 8.24. The number of aromatic nitrogens is 3. The summed E-state index contributed by atoms with van der Waals surface area (Å²) in [6.45, 7) is 0.527. The van der Waals surface area contributed by atoms with Gasteiger partial charge < -0.3 is 10.3 Å². The number of aryl methyl sites for hydroxylation is 1. The molecule has 17 heavy (non-hydrogen) atoms. The van der Waals surface area contributed by atoms with E-state index in [0.717, 1.165) is 11.1 Å². The van der Waals surface area contributed by atoms with Gasteiger partial charge in [0, 0.05) is 43.8 Å². The van der Waals surface area contributed by atoms with Crippen LogP contribution < -0.4 is 5.32 Å². The molecule has 0 atom stereocenters. The number of rotatable bonds is 4. The summed E-state index contributed by atoms with van der Waals surface area (Å²) in [6.07, 6.45) is 10.5. The van der Waals surface area contributed by atoms with Crippen LogP contribution in [0, 0.1) is 0 Å². The van der Waals surface area contributed by atoms with Crippen molar-refractivity contribution < 1.29 is 4.79 Å². The average molecular weight is 230 g/mol. The second-order valence-electron chi connectivity index (χ2n) is 3.72. The molecule has 5 heteroatoms. The van der Waals surface area contributed by atoms with E-state index >= 15 is 0 Å². The summed E-state index contributed by atoms with van der Waals surface area (Å²) < 4.78 is 1.69. The fourth-order valence-corrected chi connectivity index (χ4v) is 1.41. The third-order valence-electron chi connectivity index (χ3n) is 2.28. The zero-order chi connectivity index (χ0) is 12.1. The van der Waals surface area contributed by atoms with Crippen molar-refractivity contribution in [2.75, 3.05) is 0 Å². The number of nitrogens with zero attached hydrogens (tertiary/aromatic N) is 2. The predicted molar refractivity (Wildman–Crippen MR) is 64.9 cm³/mol. The van der Waals surface area contributed by atoms with Gasteiger partial charge in [-0.05, 0) is 17.7 Å². The molecule has 88 valence electrons. The number of hydrogen-bond acceptors (Lipinski definition) is 2. The largest absolute Gasteiger partial charge is 0.367 e. The van der Waals surface area contributed by atoms with E-state index in [2.05, 4.69) is 15.4 Å². The van der Waals surface area contributed by atoms with E-state index in [-0.39, 0.29) is 5.91 Å². The van der Waals surface area contributed by atoms with E-state index in [0.29, 0.717) is 6.54 Å². The second kappa shape index (κ2) is 5.16. The summed E-state index contributed by atoms with van der Waals surface area (Å²) in [5, 5.41) is 6.80. The summed E-state index contributed by atoms with van der Waals surface area (Å²) in [5.41, 5.74) is 1.96. The number of hydrogen-bond donors (Lipinski definition) is 2. The summed E-state index contributed by atoms with van der Waals surface area (Å²) in [7, 11) is 1.84. The molecule has 2 aromatic rings. The van der Waals surface area contributed by atoms with Gasteiger partial charge in [-0.15, -0.1) is 0 Å². The predicted octanol–water partition coefficient (Wildman–Crippen LogP) is 1.08. The lowest BCUT2D eigenvalue weighted by molar-refractivity contribution is -0.116. The molecule has 2 heterocycles. The zero-order valence-corrected chi connectivity index (χ0v) is 9.55. The molecule has 0 spiro atoms. The molecule has 0 aliphatic heterocycles. The highest BCUT2D eigenvalue weighted by Gasteiger charge is 1.97. The minimum absolute atomic E-state index is 0.116. The SMILES string of the molecule is Cn1cc(/C=C/C(=O)NCc2cc[nH]c2)cn1. The van der Waals surface area contributed by atoms with Gasteiger partial charge in [-0.3, -0.25) is 9.48 Å². The van der Waals surface area contributed by atoms with E-state index < -0.39 is 0 Å². The highest BCUT2D eigenvalue weighted by atomic mass is 16.1. The topological polar surface area (TPSA) is 62.7 Å². The van der Waals surface area contributed by atoms with E-state index in [1.54, 1.807) is 17.0 Å². The van der Waals surface area contributed by atoms with Crippen LogP contribution in [0.5, 0.6) is 0 Å². The number of carbonyl (C=O) groups is 1. The van der Waals surface area contributed by atoms with Crippen molar-refractivity contribution in [3.05, 3.63) is 48.1 Å². The van der Waals surface area contributed by atoms with Crippen LogP contribution in [-0.4, -0.2) is 20.7 Å². The van der Waals surface area contributed by atoms with Gasteiger partial charge in [-0.1, -0.05) is 0 Å². The molecule has 0 bridgehead atoms. The molecule has 0 aliphatic rings. The fourth-order valence-electron chi connectivity index (χ4n) is 1.41. The Morgan fingerprint density at radius 3 is 3.18 bits per heavy atom. The number of amides is 1. The maximum atomic E-state index is 11.5. The van der Waals surface area contributed by atoms with E-state index in [1.165, 1.54) is 6.08 Å². The molecule has 0 aliphatic carbocycles. The summed E-state index contributed by atoms with van der Waals surface area (Å²) in [6, 6.07) is 1.92. The van der Waals surface area contributed by atoms with Gasteiger partial charge in [0.05, 0.1) is 6.20 Å². The van der Waals surface area contributed by atoms with Crippen molar-refractivity contribution in [3.8, 4) is 0 Å².